The van der Waals surface area contributed by atoms with Gasteiger partial charge in [-0.15, -0.1) is 11.3 Å². The first-order valence-corrected chi connectivity index (χ1v) is 7.26. The molecule has 2 bridgehead atoms. The quantitative estimate of drug-likeness (QED) is 0.635. The Labute approximate surface area is 118 Å². The van der Waals surface area contributed by atoms with Crippen LogP contribution in [0.3, 0.4) is 0 Å². The van der Waals surface area contributed by atoms with Crippen molar-refractivity contribution in [3.63, 3.8) is 0 Å². The lowest BCUT2D eigenvalue weighted by atomic mass is 10.00. The van der Waals surface area contributed by atoms with Crippen LogP contribution < -0.4 is 11.3 Å². The molecule has 1 aromatic rings. The van der Waals surface area contributed by atoms with E-state index >= 15 is 0 Å². The van der Waals surface area contributed by atoms with Crippen LogP contribution in [0.4, 0.5) is 13.2 Å². The number of halogens is 3. The fourth-order valence-corrected chi connectivity index (χ4v) is 3.82. The molecule has 5 nitrogen and oxygen atoms in total. The fourth-order valence-electron chi connectivity index (χ4n) is 2.92. The first kappa shape index (κ1) is 14.2. The molecule has 0 radical (unpaired) electrons. The van der Waals surface area contributed by atoms with Crippen LogP contribution in [0.5, 0.6) is 0 Å². The molecule has 4 rings (SSSR count). The number of thiazole rings is 1. The van der Waals surface area contributed by atoms with Crippen LogP contribution in [0.25, 0.3) is 0 Å². The van der Waals surface area contributed by atoms with Gasteiger partial charge in [-0.3, -0.25) is 21.1 Å². The van der Waals surface area contributed by atoms with Crippen molar-refractivity contribution in [2.24, 2.45) is 5.84 Å². The van der Waals surface area contributed by atoms with Crippen LogP contribution in [0.15, 0.2) is 6.20 Å². The lowest BCUT2D eigenvalue weighted by Gasteiger charge is -2.49. The molecule has 2 atom stereocenters. The normalized spacial score (nSPS) is 31.5. The summed E-state index contributed by atoms with van der Waals surface area (Å²) in [7, 11) is 0. The molecule has 9 heteroatoms. The zero-order valence-electron chi connectivity index (χ0n) is 10.7. The highest BCUT2D eigenvalue weighted by atomic mass is 32.1. The Kier molecular flexibility index (Phi) is 3.71. The Balaban J connectivity index is 1.81. The predicted molar refractivity (Wildman–Crippen MR) is 69.0 cm³/mol. The van der Waals surface area contributed by atoms with E-state index in [0.717, 1.165) is 32.7 Å². The van der Waals surface area contributed by atoms with Gasteiger partial charge in [0.2, 0.25) is 0 Å². The van der Waals surface area contributed by atoms with E-state index < -0.39 is 11.2 Å². The Morgan fingerprint density at radius 3 is 2.50 bits per heavy atom. The van der Waals surface area contributed by atoms with E-state index in [1.54, 1.807) is 0 Å². The summed E-state index contributed by atoms with van der Waals surface area (Å²) in [6, 6.07) is -0.212. The van der Waals surface area contributed by atoms with E-state index in [9.17, 15) is 13.2 Å². The zero-order valence-corrected chi connectivity index (χ0v) is 11.5. The van der Waals surface area contributed by atoms with Crippen LogP contribution in [0.2, 0.25) is 0 Å². The molecular formula is C11H16F3N5S. The monoisotopic (exact) mass is 307 g/mol. The van der Waals surface area contributed by atoms with Crippen molar-refractivity contribution >= 4 is 11.3 Å². The molecular weight excluding hydrogens is 291 g/mol. The van der Waals surface area contributed by atoms with Gasteiger partial charge in [0.15, 0.2) is 5.01 Å². The van der Waals surface area contributed by atoms with Crippen molar-refractivity contribution < 1.29 is 13.2 Å². The summed E-state index contributed by atoms with van der Waals surface area (Å²) in [5.74, 6) is 5.59. The predicted octanol–water partition coefficient (Wildman–Crippen LogP) is 0.666. The Morgan fingerprint density at radius 2 is 2.05 bits per heavy atom. The van der Waals surface area contributed by atoms with Gasteiger partial charge >= 0.3 is 6.18 Å². The number of aromatic nitrogens is 1. The summed E-state index contributed by atoms with van der Waals surface area (Å²) in [5, 5.41) is -0.816. The third-order valence-corrected chi connectivity index (χ3v) is 5.08. The van der Waals surface area contributed by atoms with E-state index in [2.05, 4.69) is 20.2 Å². The SMILES string of the molecule is NNC(c1cnc(C(F)(F)F)s1)C1CN2CCN1CC2. The van der Waals surface area contributed by atoms with Gasteiger partial charge in [0, 0.05) is 49.8 Å². The molecule has 3 aliphatic rings. The minimum atomic E-state index is -4.39. The van der Waals surface area contributed by atoms with Gasteiger partial charge < -0.3 is 0 Å². The molecule has 3 fully saturated rings. The molecule has 3 saturated heterocycles. The number of fused-ring (bicyclic) bond motifs is 3. The van der Waals surface area contributed by atoms with Crippen molar-refractivity contribution in [2.45, 2.75) is 18.3 Å². The Bertz CT molecular complexity index is 469. The number of hydrogen-bond acceptors (Lipinski definition) is 6. The van der Waals surface area contributed by atoms with Crippen molar-refractivity contribution in [2.75, 3.05) is 32.7 Å². The summed E-state index contributed by atoms with van der Waals surface area (Å²) in [5.41, 5.74) is 2.67. The van der Waals surface area contributed by atoms with E-state index in [1.165, 1.54) is 6.20 Å². The first-order chi connectivity index (χ1) is 9.49. The number of nitrogens with one attached hydrogen (secondary N) is 1. The highest BCUT2D eigenvalue weighted by molar-refractivity contribution is 7.11. The van der Waals surface area contributed by atoms with Crippen LogP contribution in [0.1, 0.15) is 15.9 Å². The molecule has 0 aromatic carbocycles. The Hall–Kier alpha value is -0.740. The largest absolute Gasteiger partial charge is 0.443 e. The van der Waals surface area contributed by atoms with Gasteiger partial charge in [-0.1, -0.05) is 0 Å². The lowest BCUT2D eigenvalue weighted by molar-refractivity contribution is -0.137. The zero-order chi connectivity index (χ0) is 14.3. The second-order valence-electron chi connectivity index (χ2n) is 5.11. The molecule has 3 aliphatic heterocycles. The van der Waals surface area contributed by atoms with Crippen LogP contribution in [-0.4, -0.2) is 53.5 Å². The molecule has 1 aromatic heterocycles. The fraction of sp³-hybridized carbons (Fsp3) is 0.727. The minimum Gasteiger partial charge on any atom is -0.299 e. The summed E-state index contributed by atoms with van der Waals surface area (Å²) in [4.78, 5) is 8.63. The van der Waals surface area contributed by atoms with Crippen LogP contribution in [-0.2, 0) is 6.18 Å². The molecule has 0 saturated carbocycles. The molecule has 0 spiro atoms. The maximum absolute atomic E-state index is 12.6. The third kappa shape index (κ3) is 2.56. The molecule has 4 heterocycles. The first-order valence-electron chi connectivity index (χ1n) is 6.44. The molecule has 3 N–H and O–H groups in total. The number of nitrogens with zero attached hydrogens (tertiary/aromatic N) is 3. The summed E-state index contributed by atoms with van der Waals surface area (Å²) < 4.78 is 37.9. The van der Waals surface area contributed by atoms with Crippen molar-refractivity contribution in [3.8, 4) is 0 Å². The van der Waals surface area contributed by atoms with Gasteiger partial charge in [-0.2, -0.15) is 13.2 Å². The summed E-state index contributed by atoms with van der Waals surface area (Å²) >= 11 is 0.670. The number of nitrogens with two attached hydrogens (primary N) is 1. The molecule has 20 heavy (non-hydrogen) atoms. The van der Waals surface area contributed by atoms with Crippen molar-refractivity contribution in [1.82, 2.24) is 20.2 Å². The number of hydrogen-bond donors (Lipinski definition) is 2. The Morgan fingerprint density at radius 1 is 1.35 bits per heavy atom. The number of hydrazine groups is 1. The van der Waals surface area contributed by atoms with Gasteiger partial charge in [0.1, 0.15) is 0 Å². The standard InChI is InChI=1S/C11H16F3N5S/c12-11(13,14)10-16-5-8(20-10)9(17-15)7-6-18-1-3-19(7)4-2-18/h5,7,9,17H,1-4,6,15H2. The number of alkyl halides is 3. The highest BCUT2D eigenvalue weighted by Crippen LogP contribution is 2.36. The summed E-state index contributed by atoms with van der Waals surface area (Å²) in [6.45, 7) is 4.74. The van der Waals surface area contributed by atoms with Gasteiger partial charge in [0.05, 0.1) is 6.04 Å². The average Bonchev–Trinajstić information content (AvgIpc) is 2.91. The minimum absolute atomic E-state index is 0.101. The molecule has 112 valence electrons. The second-order valence-corrected chi connectivity index (χ2v) is 6.18. The molecule has 0 amide bonds. The van der Waals surface area contributed by atoms with E-state index in [1.807, 2.05) is 0 Å². The summed E-state index contributed by atoms with van der Waals surface area (Å²) in [6.07, 6.45) is -3.10. The topological polar surface area (TPSA) is 57.4 Å². The maximum atomic E-state index is 12.6. The van der Waals surface area contributed by atoms with E-state index in [0.29, 0.717) is 16.2 Å². The number of rotatable bonds is 3. The lowest BCUT2D eigenvalue weighted by Crippen LogP contribution is -2.64. The second kappa shape index (κ2) is 5.23. The van der Waals surface area contributed by atoms with E-state index in [-0.39, 0.29) is 12.1 Å². The van der Waals surface area contributed by atoms with Gasteiger partial charge in [-0.25, -0.2) is 4.98 Å². The van der Waals surface area contributed by atoms with E-state index in [4.69, 9.17) is 5.84 Å². The van der Waals surface area contributed by atoms with Gasteiger partial charge in [0.25, 0.3) is 0 Å². The highest BCUT2D eigenvalue weighted by Gasteiger charge is 2.40. The molecule has 0 aliphatic carbocycles. The average molecular weight is 307 g/mol. The molecule has 2 unspecified atom stereocenters. The third-order valence-electron chi connectivity index (χ3n) is 3.96. The van der Waals surface area contributed by atoms with Crippen molar-refractivity contribution in [3.05, 3.63) is 16.1 Å². The van der Waals surface area contributed by atoms with Crippen LogP contribution in [0, 0.1) is 0 Å². The van der Waals surface area contributed by atoms with Gasteiger partial charge in [-0.05, 0) is 0 Å². The van der Waals surface area contributed by atoms with Crippen LogP contribution >= 0.6 is 11.3 Å². The number of piperazine rings is 3. The van der Waals surface area contributed by atoms with Crippen molar-refractivity contribution in [1.29, 1.82) is 0 Å². The smallest absolute Gasteiger partial charge is 0.299 e. The maximum Gasteiger partial charge on any atom is 0.443 e.